The van der Waals surface area contributed by atoms with Gasteiger partial charge in [0.1, 0.15) is 11.9 Å². The summed E-state index contributed by atoms with van der Waals surface area (Å²) in [5.41, 5.74) is 0.682. The molecule has 0 bridgehead atoms. The first kappa shape index (κ1) is 10.2. The molecule has 5 heteroatoms. The third-order valence-electron chi connectivity index (χ3n) is 1.90. The van der Waals surface area contributed by atoms with Gasteiger partial charge in [-0.1, -0.05) is 17.3 Å². The van der Waals surface area contributed by atoms with Crippen LogP contribution in [0.2, 0.25) is 0 Å². The van der Waals surface area contributed by atoms with Crippen LogP contribution in [0.15, 0.2) is 41.2 Å². The summed E-state index contributed by atoms with van der Waals surface area (Å²) in [6, 6.07) is 6.87. The maximum Gasteiger partial charge on any atom is 0.307 e. The Morgan fingerprint density at radius 3 is 3.00 bits per heavy atom. The van der Waals surface area contributed by atoms with E-state index in [0.717, 1.165) is 0 Å². The van der Waals surface area contributed by atoms with E-state index < -0.39 is 5.97 Å². The van der Waals surface area contributed by atoms with E-state index in [1.165, 1.54) is 12.5 Å². The summed E-state index contributed by atoms with van der Waals surface area (Å²) in [6.07, 6.45) is 2.77. The van der Waals surface area contributed by atoms with Crippen LogP contribution in [0.3, 0.4) is 0 Å². The lowest BCUT2D eigenvalue weighted by Gasteiger charge is -2.03. The molecule has 2 rings (SSSR count). The van der Waals surface area contributed by atoms with E-state index in [1.807, 2.05) is 0 Å². The van der Waals surface area contributed by atoms with Crippen molar-refractivity contribution in [2.45, 2.75) is 6.42 Å². The Balaban J connectivity index is 2.13. The van der Waals surface area contributed by atoms with Crippen molar-refractivity contribution in [2.75, 3.05) is 0 Å². The number of carboxylic acid groups (broad SMARTS) is 1. The van der Waals surface area contributed by atoms with Gasteiger partial charge >= 0.3 is 5.97 Å². The predicted octanol–water partition coefficient (Wildman–Crippen LogP) is 2.09. The molecule has 1 aromatic heterocycles. The van der Waals surface area contributed by atoms with Gasteiger partial charge in [-0.2, -0.15) is 0 Å². The second-order valence-electron chi connectivity index (χ2n) is 3.18. The Morgan fingerprint density at radius 2 is 2.31 bits per heavy atom. The minimum atomic E-state index is -0.873. The van der Waals surface area contributed by atoms with Crippen molar-refractivity contribution in [3.8, 4) is 11.5 Å². The van der Waals surface area contributed by atoms with Gasteiger partial charge in [-0.3, -0.25) is 4.79 Å². The van der Waals surface area contributed by atoms with Gasteiger partial charge in [0.05, 0.1) is 6.42 Å². The Kier molecular flexibility index (Phi) is 2.86. The average Bonchev–Trinajstić information content (AvgIpc) is 2.70. The summed E-state index contributed by atoms with van der Waals surface area (Å²) in [7, 11) is 0. The summed E-state index contributed by atoms with van der Waals surface area (Å²) in [4.78, 5) is 10.5. The smallest absolute Gasteiger partial charge is 0.307 e. The molecule has 0 aliphatic rings. The van der Waals surface area contributed by atoms with Crippen LogP contribution >= 0.6 is 0 Å². The highest BCUT2D eigenvalue weighted by Gasteiger charge is 2.03. The minimum absolute atomic E-state index is 0.0269. The second-order valence-corrected chi connectivity index (χ2v) is 3.18. The van der Waals surface area contributed by atoms with E-state index in [-0.39, 0.29) is 6.42 Å². The maximum atomic E-state index is 10.5. The molecule has 5 nitrogen and oxygen atoms in total. The van der Waals surface area contributed by atoms with Crippen LogP contribution in [-0.2, 0) is 11.2 Å². The van der Waals surface area contributed by atoms with Crippen molar-refractivity contribution < 1.29 is 19.2 Å². The van der Waals surface area contributed by atoms with E-state index in [4.69, 9.17) is 9.84 Å². The van der Waals surface area contributed by atoms with Gasteiger partial charge in [-0.05, 0) is 17.7 Å². The molecule has 0 radical (unpaired) electrons. The molecule has 0 aliphatic heterocycles. The normalized spacial score (nSPS) is 10.0. The monoisotopic (exact) mass is 219 g/mol. The van der Waals surface area contributed by atoms with Gasteiger partial charge in [-0.25, -0.2) is 0 Å². The third-order valence-corrected chi connectivity index (χ3v) is 1.90. The summed E-state index contributed by atoms with van der Waals surface area (Å²) in [6.45, 7) is 0. The van der Waals surface area contributed by atoms with Gasteiger partial charge < -0.3 is 14.4 Å². The molecule has 0 amide bonds. The molecule has 0 saturated heterocycles. The zero-order valence-electron chi connectivity index (χ0n) is 8.29. The molecule has 0 saturated carbocycles. The Labute approximate surface area is 91.3 Å². The molecular formula is C11H9NO4. The zero-order valence-corrected chi connectivity index (χ0v) is 8.29. The fourth-order valence-electron chi connectivity index (χ4n) is 1.28. The molecule has 0 unspecified atom stereocenters. The lowest BCUT2D eigenvalue weighted by atomic mass is 10.1. The highest BCUT2D eigenvalue weighted by atomic mass is 16.5. The van der Waals surface area contributed by atoms with Gasteiger partial charge in [-0.15, -0.1) is 0 Å². The number of hydrogen-bond acceptors (Lipinski definition) is 4. The summed E-state index contributed by atoms with van der Waals surface area (Å²) in [5, 5.41) is 12.1. The van der Waals surface area contributed by atoms with Gasteiger partial charge in [0.25, 0.3) is 0 Å². The molecule has 0 spiro atoms. The molecule has 0 aliphatic carbocycles. The summed E-state index contributed by atoms with van der Waals surface area (Å²) >= 11 is 0. The first-order valence-corrected chi connectivity index (χ1v) is 4.62. The van der Waals surface area contributed by atoms with E-state index in [9.17, 15) is 4.79 Å². The Morgan fingerprint density at radius 1 is 1.44 bits per heavy atom. The van der Waals surface area contributed by atoms with E-state index in [0.29, 0.717) is 17.1 Å². The number of carboxylic acids is 1. The zero-order chi connectivity index (χ0) is 11.4. The number of aliphatic carboxylic acids is 1. The number of aromatic nitrogens is 1. The number of carbonyl (C=O) groups is 1. The SMILES string of the molecule is O=C(O)Cc1cccc(Oc2cnoc2)c1. The second kappa shape index (κ2) is 4.48. The number of benzene rings is 1. The van der Waals surface area contributed by atoms with Crippen LogP contribution in [-0.4, -0.2) is 16.2 Å². The molecular weight excluding hydrogens is 210 g/mol. The molecule has 16 heavy (non-hydrogen) atoms. The van der Waals surface area contributed by atoms with Crippen LogP contribution in [0.1, 0.15) is 5.56 Å². The maximum absolute atomic E-state index is 10.5. The van der Waals surface area contributed by atoms with Crippen molar-refractivity contribution in [3.63, 3.8) is 0 Å². The molecule has 1 heterocycles. The first-order chi connectivity index (χ1) is 7.74. The molecule has 2 aromatic rings. The summed E-state index contributed by atoms with van der Waals surface area (Å²) < 4.78 is 10.0. The molecule has 82 valence electrons. The van der Waals surface area contributed by atoms with Crippen molar-refractivity contribution in [1.29, 1.82) is 0 Å². The lowest BCUT2D eigenvalue weighted by molar-refractivity contribution is -0.136. The number of hydrogen-bond donors (Lipinski definition) is 1. The molecule has 0 atom stereocenters. The predicted molar refractivity (Wildman–Crippen MR) is 54.4 cm³/mol. The van der Waals surface area contributed by atoms with Gasteiger partial charge in [0.15, 0.2) is 12.0 Å². The summed E-state index contributed by atoms with van der Waals surface area (Å²) in [5.74, 6) is 0.163. The Bertz CT molecular complexity index is 478. The van der Waals surface area contributed by atoms with Crippen LogP contribution in [0, 0.1) is 0 Å². The van der Waals surface area contributed by atoms with Crippen molar-refractivity contribution in [1.82, 2.24) is 5.16 Å². The molecule has 0 fully saturated rings. The van der Waals surface area contributed by atoms with Gasteiger partial charge in [0.2, 0.25) is 0 Å². The van der Waals surface area contributed by atoms with Crippen molar-refractivity contribution in [3.05, 3.63) is 42.3 Å². The first-order valence-electron chi connectivity index (χ1n) is 4.62. The molecule has 1 aromatic carbocycles. The topological polar surface area (TPSA) is 72.6 Å². The largest absolute Gasteiger partial charge is 0.481 e. The third kappa shape index (κ3) is 2.60. The number of nitrogens with zero attached hydrogens (tertiary/aromatic N) is 1. The lowest BCUT2D eigenvalue weighted by Crippen LogP contribution is -1.99. The fraction of sp³-hybridized carbons (Fsp3) is 0.0909. The average molecular weight is 219 g/mol. The van der Waals surface area contributed by atoms with E-state index in [1.54, 1.807) is 24.3 Å². The molecule has 1 N–H and O–H groups in total. The Hall–Kier alpha value is -2.30. The van der Waals surface area contributed by atoms with Gasteiger partial charge in [0, 0.05) is 0 Å². The van der Waals surface area contributed by atoms with Crippen LogP contribution < -0.4 is 4.74 Å². The number of rotatable bonds is 4. The fourth-order valence-corrected chi connectivity index (χ4v) is 1.28. The standard InChI is InChI=1S/C11H9NO4/c13-11(14)5-8-2-1-3-9(4-8)16-10-6-12-15-7-10/h1-4,6-7H,5H2,(H,13,14). The van der Waals surface area contributed by atoms with Crippen molar-refractivity contribution >= 4 is 5.97 Å². The van der Waals surface area contributed by atoms with Crippen LogP contribution in [0.5, 0.6) is 11.5 Å². The van der Waals surface area contributed by atoms with E-state index in [2.05, 4.69) is 9.68 Å². The quantitative estimate of drug-likeness (QED) is 0.852. The van der Waals surface area contributed by atoms with E-state index >= 15 is 0 Å². The highest BCUT2D eigenvalue weighted by molar-refractivity contribution is 5.70. The van der Waals surface area contributed by atoms with Crippen molar-refractivity contribution in [2.24, 2.45) is 0 Å². The number of ether oxygens (including phenoxy) is 1. The highest BCUT2D eigenvalue weighted by Crippen LogP contribution is 2.21. The van der Waals surface area contributed by atoms with Crippen LogP contribution in [0.25, 0.3) is 0 Å². The minimum Gasteiger partial charge on any atom is -0.481 e. The van der Waals surface area contributed by atoms with Crippen LogP contribution in [0.4, 0.5) is 0 Å².